The first-order valence-corrected chi connectivity index (χ1v) is 7.58. The highest BCUT2D eigenvalue weighted by atomic mass is 32.1. The highest BCUT2D eigenvalue weighted by Gasteiger charge is 2.21. The summed E-state index contributed by atoms with van der Waals surface area (Å²) in [6, 6.07) is 12.7. The van der Waals surface area contributed by atoms with Crippen LogP contribution in [0.3, 0.4) is 0 Å². The second-order valence-corrected chi connectivity index (χ2v) is 5.81. The van der Waals surface area contributed by atoms with Gasteiger partial charge in [0, 0.05) is 15.6 Å². The monoisotopic (exact) mass is 329 g/mol. The summed E-state index contributed by atoms with van der Waals surface area (Å²) >= 11 is 1.23. The Morgan fingerprint density at radius 2 is 1.91 bits per heavy atom. The van der Waals surface area contributed by atoms with Crippen molar-refractivity contribution in [2.75, 3.05) is 12.4 Å². The van der Waals surface area contributed by atoms with Gasteiger partial charge in [-0.25, -0.2) is 9.18 Å². The molecule has 0 atom stereocenters. The fraction of sp³-hybridized carbons (Fsp3) is 0.0588. The third-order valence-electron chi connectivity index (χ3n) is 3.29. The molecule has 1 amide bonds. The Morgan fingerprint density at radius 1 is 1.13 bits per heavy atom. The van der Waals surface area contributed by atoms with Crippen LogP contribution in [-0.4, -0.2) is 19.0 Å². The van der Waals surface area contributed by atoms with Gasteiger partial charge in [0.25, 0.3) is 5.91 Å². The minimum atomic E-state index is -0.527. The molecule has 0 bridgehead atoms. The van der Waals surface area contributed by atoms with Crippen LogP contribution in [0.2, 0.25) is 0 Å². The van der Waals surface area contributed by atoms with Crippen molar-refractivity contribution in [2.45, 2.75) is 0 Å². The lowest BCUT2D eigenvalue weighted by Gasteiger charge is -2.07. The summed E-state index contributed by atoms with van der Waals surface area (Å²) < 4.78 is 18.9. The fourth-order valence-corrected chi connectivity index (χ4v) is 3.30. The average molecular weight is 329 g/mol. The van der Waals surface area contributed by atoms with Crippen LogP contribution in [-0.2, 0) is 4.74 Å². The molecule has 6 heteroatoms. The maximum absolute atomic E-state index is 13.3. The summed E-state index contributed by atoms with van der Waals surface area (Å²) in [7, 11) is 1.28. The smallest absolute Gasteiger partial charge is 0.350 e. The van der Waals surface area contributed by atoms with Crippen molar-refractivity contribution < 1.29 is 18.7 Å². The molecule has 2 aromatic carbocycles. The fourth-order valence-electron chi connectivity index (χ4n) is 2.22. The van der Waals surface area contributed by atoms with Crippen LogP contribution in [0.4, 0.5) is 10.1 Å². The van der Waals surface area contributed by atoms with Gasteiger partial charge in [0.05, 0.1) is 12.8 Å². The molecule has 3 rings (SSSR count). The van der Waals surface area contributed by atoms with Crippen LogP contribution >= 0.6 is 11.3 Å². The third kappa shape index (κ3) is 2.93. The van der Waals surface area contributed by atoms with E-state index in [0.717, 1.165) is 16.2 Å². The number of methoxy groups -OCH3 is 1. The number of fused-ring (bicyclic) bond motifs is 1. The number of carbonyl (C=O) groups is 2. The summed E-state index contributed by atoms with van der Waals surface area (Å²) in [5.41, 5.74) is 0.558. The molecule has 23 heavy (non-hydrogen) atoms. The quantitative estimate of drug-likeness (QED) is 0.737. The molecule has 0 radical (unpaired) electrons. The topological polar surface area (TPSA) is 55.4 Å². The average Bonchev–Trinajstić information content (AvgIpc) is 2.93. The molecule has 0 fully saturated rings. The first-order valence-electron chi connectivity index (χ1n) is 6.77. The van der Waals surface area contributed by atoms with E-state index in [0.29, 0.717) is 10.6 Å². The molecular formula is C17H12FNO3S. The lowest BCUT2D eigenvalue weighted by molar-refractivity contribution is 0.0607. The molecule has 0 unspecified atom stereocenters. The number of thiophene rings is 1. The van der Waals surface area contributed by atoms with E-state index >= 15 is 0 Å². The SMILES string of the molecule is COC(=O)c1sc2ccccc2c1NC(=O)c1cccc(F)c1. The van der Waals surface area contributed by atoms with E-state index in [-0.39, 0.29) is 5.56 Å². The number of carbonyl (C=O) groups excluding carboxylic acids is 2. The number of hydrogen-bond donors (Lipinski definition) is 1. The molecular weight excluding hydrogens is 317 g/mol. The number of nitrogens with one attached hydrogen (secondary N) is 1. The maximum Gasteiger partial charge on any atom is 0.350 e. The normalized spacial score (nSPS) is 10.5. The summed E-state index contributed by atoms with van der Waals surface area (Å²) in [6.45, 7) is 0. The van der Waals surface area contributed by atoms with Crippen molar-refractivity contribution in [3.8, 4) is 0 Å². The first-order chi connectivity index (χ1) is 11.1. The van der Waals surface area contributed by atoms with Gasteiger partial charge >= 0.3 is 5.97 Å². The Morgan fingerprint density at radius 3 is 2.65 bits per heavy atom. The minimum absolute atomic E-state index is 0.177. The second kappa shape index (κ2) is 6.18. The number of amides is 1. The molecule has 1 aromatic heterocycles. The number of hydrogen-bond acceptors (Lipinski definition) is 4. The van der Waals surface area contributed by atoms with E-state index in [1.165, 1.54) is 36.6 Å². The van der Waals surface area contributed by atoms with Crippen LogP contribution in [0.15, 0.2) is 48.5 Å². The first kappa shape index (κ1) is 15.2. The molecule has 1 N–H and O–H groups in total. The molecule has 1 heterocycles. The van der Waals surface area contributed by atoms with Crippen molar-refractivity contribution in [2.24, 2.45) is 0 Å². The highest BCUT2D eigenvalue weighted by molar-refractivity contribution is 7.21. The van der Waals surface area contributed by atoms with Gasteiger partial charge in [-0.3, -0.25) is 4.79 Å². The lowest BCUT2D eigenvalue weighted by atomic mass is 10.1. The van der Waals surface area contributed by atoms with Crippen LogP contribution in [0, 0.1) is 5.82 Å². The van der Waals surface area contributed by atoms with Gasteiger partial charge in [-0.2, -0.15) is 0 Å². The molecule has 4 nitrogen and oxygen atoms in total. The Labute approximate surface area is 135 Å². The van der Waals surface area contributed by atoms with Crippen molar-refractivity contribution in [1.82, 2.24) is 0 Å². The van der Waals surface area contributed by atoms with E-state index in [2.05, 4.69) is 5.32 Å². The standard InChI is InChI=1S/C17H12FNO3S/c1-22-17(21)15-14(12-7-2-3-8-13(12)23-15)19-16(20)10-5-4-6-11(18)9-10/h2-9H,1H3,(H,19,20). The number of anilines is 1. The van der Waals surface area contributed by atoms with Crippen LogP contribution in [0.5, 0.6) is 0 Å². The van der Waals surface area contributed by atoms with Crippen molar-refractivity contribution in [1.29, 1.82) is 0 Å². The van der Waals surface area contributed by atoms with Gasteiger partial charge in [-0.1, -0.05) is 24.3 Å². The molecule has 0 spiro atoms. The van der Waals surface area contributed by atoms with E-state index in [9.17, 15) is 14.0 Å². The zero-order chi connectivity index (χ0) is 16.4. The third-order valence-corrected chi connectivity index (χ3v) is 4.44. The van der Waals surface area contributed by atoms with E-state index in [4.69, 9.17) is 4.74 Å². The van der Waals surface area contributed by atoms with Crippen molar-refractivity contribution >= 4 is 39.0 Å². The maximum atomic E-state index is 13.3. The molecule has 3 aromatic rings. The molecule has 116 valence electrons. The summed E-state index contributed by atoms with van der Waals surface area (Å²) in [5, 5.41) is 3.43. The number of ether oxygens (including phenoxy) is 1. The van der Waals surface area contributed by atoms with Crippen LogP contribution < -0.4 is 5.32 Å². The lowest BCUT2D eigenvalue weighted by Crippen LogP contribution is -2.14. The minimum Gasteiger partial charge on any atom is -0.465 e. The Bertz CT molecular complexity index is 904. The van der Waals surface area contributed by atoms with Gasteiger partial charge in [0.1, 0.15) is 10.7 Å². The Kier molecular flexibility index (Phi) is 4.08. The summed E-state index contributed by atoms with van der Waals surface area (Å²) in [4.78, 5) is 24.6. The van der Waals surface area contributed by atoms with E-state index < -0.39 is 17.7 Å². The van der Waals surface area contributed by atoms with Gasteiger partial charge < -0.3 is 10.1 Å². The molecule has 0 aliphatic carbocycles. The van der Waals surface area contributed by atoms with Gasteiger partial charge in [-0.05, 0) is 24.3 Å². The van der Waals surface area contributed by atoms with Crippen molar-refractivity contribution in [3.63, 3.8) is 0 Å². The molecule has 0 saturated heterocycles. The molecule has 0 saturated carbocycles. The Hall–Kier alpha value is -2.73. The zero-order valence-electron chi connectivity index (χ0n) is 12.1. The van der Waals surface area contributed by atoms with E-state index in [1.807, 2.05) is 18.2 Å². The number of benzene rings is 2. The van der Waals surface area contributed by atoms with Crippen molar-refractivity contribution in [3.05, 3.63) is 64.8 Å². The Balaban J connectivity index is 2.04. The van der Waals surface area contributed by atoms with Crippen LogP contribution in [0.25, 0.3) is 10.1 Å². The highest BCUT2D eigenvalue weighted by Crippen LogP contribution is 2.36. The predicted octanol–water partition coefficient (Wildman–Crippen LogP) is 4.08. The zero-order valence-corrected chi connectivity index (χ0v) is 12.9. The largest absolute Gasteiger partial charge is 0.465 e. The van der Waals surface area contributed by atoms with Gasteiger partial charge in [-0.15, -0.1) is 11.3 Å². The van der Waals surface area contributed by atoms with Crippen LogP contribution in [0.1, 0.15) is 20.0 Å². The summed E-state index contributed by atoms with van der Waals surface area (Å²) in [5.74, 6) is -1.51. The second-order valence-electron chi connectivity index (χ2n) is 4.76. The number of esters is 1. The molecule has 0 aliphatic heterocycles. The summed E-state index contributed by atoms with van der Waals surface area (Å²) in [6.07, 6.45) is 0. The van der Waals surface area contributed by atoms with E-state index in [1.54, 1.807) is 6.07 Å². The predicted molar refractivity (Wildman–Crippen MR) is 87.5 cm³/mol. The molecule has 0 aliphatic rings. The van der Waals surface area contributed by atoms with Gasteiger partial charge in [0.2, 0.25) is 0 Å². The number of rotatable bonds is 3. The van der Waals surface area contributed by atoms with Gasteiger partial charge in [0.15, 0.2) is 0 Å². The number of halogens is 1.